The van der Waals surface area contributed by atoms with Gasteiger partial charge in [-0.25, -0.2) is 9.89 Å². The van der Waals surface area contributed by atoms with Crippen LogP contribution in [0, 0.1) is 0 Å². The van der Waals surface area contributed by atoms with Crippen LogP contribution in [-0.4, -0.2) is 52.8 Å². The van der Waals surface area contributed by atoms with E-state index >= 15 is 0 Å². The molecule has 0 spiro atoms. The fourth-order valence-corrected chi connectivity index (χ4v) is 1.62. The average molecular weight is 197 g/mol. The van der Waals surface area contributed by atoms with Gasteiger partial charge in [0.15, 0.2) is 0 Å². The van der Waals surface area contributed by atoms with E-state index in [9.17, 15) is 4.79 Å². The molecule has 0 aromatic carbocycles. The summed E-state index contributed by atoms with van der Waals surface area (Å²) in [7, 11) is 0. The Labute approximate surface area is 81.7 Å². The molecule has 1 aliphatic heterocycles. The number of aromatic nitrogens is 3. The van der Waals surface area contributed by atoms with Crippen LogP contribution in [0.15, 0.2) is 4.79 Å². The van der Waals surface area contributed by atoms with Crippen LogP contribution < -0.4 is 11.0 Å². The standard InChI is InChI=1S/C8H15N5O/c14-8-10-7(11-12-8)1-4-13-5-2-9-3-6-13/h9H,1-6H2,(H2,10,11,12,14). The number of hydrogen-bond donors (Lipinski definition) is 3. The molecule has 1 aromatic heterocycles. The van der Waals surface area contributed by atoms with E-state index in [1.54, 1.807) is 0 Å². The van der Waals surface area contributed by atoms with Crippen LogP contribution in [-0.2, 0) is 6.42 Å². The molecule has 1 aromatic rings. The summed E-state index contributed by atoms with van der Waals surface area (Å²) in [5.41, 5.74) is -0.222. The lowest BCUT2D eigenvalue weighted by Crippen LogP contribution is -2.44. The molecule has 1 fully saturated rings. The van der Waals surface area contributed by atoms with Gasteiger partial charge in [-0.05, 0) is 0 Å². The Morgan fingerprint density at radius 1 is 1.36 bits per heavy atom. The molecule has 78 valence electrons. The zero-order valence-corrected chi connectivity index (χ0v) is 8.05. The minimum Gasteiger partial charge on any atom is -0.314 e. The number of nitrogens with zero attached hydrogens (tertiary/aromatic N) is 2. The van der Waals surface area contributed by atoms with E-state index in [-0.39, 0.29) is 5.69 Å². The first-order valence-corrected chi connectivity index (χ1v) is 4.91. The number of aromatic amines is 2. The topological polar surface area (TPSA) is 76.8 Å². The lowest BCUT2D eigenvalue weighted by Gasteiger charge is -2.26. The monoisotopic (exact) mass is 197 g/mol. The Balaban J connectivity index is 1.78. The molecular formula is C8H15N5O. The van der Waals surface area contributed by atoms with Gasteiger partial charge < -0.3 is 10.2 Å². The highest BCUT2D eigenvalue weighted by Gasteiger charge is 2.09. The Morgan fingerprint density at radius 2 is 2.14 bits per heavy atom. The molecule has 0 saturated carbocycles. The lowest BCUT2D eigenvalue weighted by atomic mass is 10.3. The Morgan fingerprint density at radius 3 is 2.79 bits per heavy atom. The summed E-state index contributed by atoms with van der Waals surface area (Å²) in [6.45, 7) is 5.22. The van der Waals surface area contributed by atoms with Crippen molar-refractivity contribution in [2.75, 3.05) is 32.7 Å². The van der Waals surface area contributed by atoms with Crippen molar-refractivity contribution in [2.45, 2.75) is 6.42 Å². The van der Waals surface area contributed by atoms with Gasteiger partial charge in [-0.15, -0.1) is 0 Å². The van der Waals surface area contributed by atoms with Crippen LogP contribution in [0.1, 0.15) is 5.82 Å². The van der Waals surface area contributed by atoms with Gasteiger partial charge in [-0.1, -0.05) is 0 Å². The highest BCUT2D eigenvalue weighted by molar-refractivity contribution is 4.82. The maximum absolute atomic E-state index is 10.7. The van der Waals surface area contributed by atoms with Crippen molar-refractivity contribution < 1.29 is 0 Å². The molecule has 1 aliphatic rings. The van der Waals surface area contributed by atoms with Gasteiger partial charge in [0.25, 0.3) is 0 Å². The summed E-state index contributed by atoms with van der Waals surface area (Å²) in [6.07, 6.45) is 0.804. The predicted octanol–water partition coefficient (Wildman–Crippen LogP) is -1.45. The van der Waals surface area contributed by atoms with Crippen LogP contribution in [0.4, 0.5) is 0 Å². The van der Waals surface area contributed by atoms with Gasteiger partial charge in [0.1, 0.15) is 5.82 Å². The summed E-state index contributed by atoms with van der Waals surface area (Å²) in [5.74, 6) is 0.744. The molecule has 2 heterocycles. The molecule has 6 heteroatoms. The van der Waals surface area contributed by atoms with Crippen LogP contribution in [0.5, 0.6) is 0 Å². The first kappa shape index (κ1) is 9.42. The normalized spacial score (nSPS) is 18.6. The summed E-state index contributed by atoms with van der Waals surface area (Å²) in [6, 6.07) is 0. The molecule has 0 amide bonds. The lowest BCUT2D eigenvalue weighted by molar-refractivity contribution is 0.242. The van der Waals surface area contributed by atoms with Gasteiger partial charge in [0, 0.05) is 39.1 Å². The maximum atomic E-state index is 10.7. The van der Waals surface area contributed by atoms with Crippen LogP contribution in [0.25, 0.3) is 0 Å². The summed E-state index contributed by atoms with van der Waals surface area (Å²) < 4.78 is 0. The van der Waals surface area contributed by atoms with Crippen molar-refractivity contribution in [3.05, 3.63) is 16.3 Å². The van der Waals surface area contributed by atoms with Gasteiger partial charge in [-0.3, -0.25) is 4.98 Å². The molecule has 3 N–H and O–H groups in total. The summed E-state index contributed by atoms with van der Waals surface area (Å²) in [4.78, 5) is 15.8. The zero-order chi connectivity index (χ0) is 9.80. The summed E-state index contributed by atoms with van der Waals surface area (Å²) in [5, 5.41) is 9.52. The fourth-order valence-electron chi connectivity index (χ4n) is 1.62. The maximum Gasteiger partial charge on any atom is 0.340 e. The minimum atomic E-state index is -0.222. The molecule has 0 aliphatic carbocycles. The highest BCUT2D eigenvalue weighted by Crippen LogP contribution is 1.94. The fraction of sp³-hybridized carbons (Fsp3) is 0.750. The smallest absolute Gasteiger partial charge is 0.314 e. The third-order valence-corrected chi connectivity index (χ3v) is 2.42. The third-order valence-electron chi connectivity index (χ3n) is 2.42. The molecule has 0 atom stereocenters. The van der Waals surface area contributed by atoms with E-state index in [2.05, 4.69) is 25.4 Å². The van der Waals surface area contributed by atoms with Gasteiger partial charge >= 0.3 is 5.69 Å². The highest BCUT2D eigenvalue weighted by atomic mass is 16.1. The second-order valence-electron chi connectivity index (χ2n) is 3.47. The second-order valence-corrected chi connectivity index (χ2v) is 3.47. The Kier molecular flexibility index (Phi) is 2.95. The molecule has 6 nitrogen and oxygen atoms in total. The van der Waals surface area contributed by atoms with Crippen LogP contribution in [0.3, 0.4) is 0 Å². The largest absolute Gasteiger partial charge is 0.340 e. The van der Waals surface area contributed by atoms with Crippen molar-refractivity contribution in [3.63, 3.8) is 0 Å². The summed E-state index contributed by atoms with van der Waals surface area (Å²) >= 11 is 0. The molecule has 0 radical (unpaired) electrons. The van der Waals surface area contributed by atoms with E-state index < -0.39 is 0 Å². The van der Waals surface area contributed by atoms with Gasteiger partial charge in [0.05, 0.1) is 0 Å². The van der Waals surface area contributed by atoms with E-state index in [1.165, 1.54) is 0 Å². The van der Waals surface area contributed by atoms with Gasteiger partial charge in [-0.2, -0.15) is 5.10 Å². The van der Waals surface area contributed by atoms with Crippen molar-refractivity contribution in [1.29, 1.82) is 0 Å². The molecule has 0 bridgehead atoms. The van der Waals surface area contributed by atoms with E-state index in [4.69, 9.17) is 0 Å². The molecule has 0 unspecified atom stereocenters. The van der Waals surface area contributed by atoms with Crippen molar-refractivity contribution in [1.82, 2.24) is 25.4 Å². The molecular weight excluding hydrogens is 182 g/mol. The van der Waals surface area contributed by atoms with Crippen LogP contribution in [0.2, 0.25) is 0 Å². The van der Waals surface area contributed by atoms with Crippen molar-refractivity contribution in [2.24, 2.45) is 0 Å². The van der Waals surface area contributed by atoms with Crippen LogP contribution >= 0.6 is 0 Å². The van der Waals surface area contributed by atoms with Crippen molar-refractivity contribution >= 4 is 0 Å². The molecule has 1 saturated heterocycles. The zero-order valence-electron chi connectivity index (χ0n) is 8.05. The minimum absolute atomic E-state index is 0.222. The van der Waals surface area contributed by atoms with Crippen molar-refractivity contribution in [3.8, 4) is 0 Å². The predicted molar refractivity (Wildman–Crippen MR) is 52.2 cm³/mol. The SMILES string of the molecule is O=c1[nH]nc(CCN2CCNCC2)[nH]1. The van der Waals surface area contributed by atoms with E-state index in [0.29, 0.717) is 0 Å². The number of H-pyrrole nitrogens is 2. The Bertz CT molecular complexity index is 324. The first-order valence-electron chi connectivity index (χ1n) is 4.91. The number of piperazine rings is 1. The van der Waals surface area contributed by atoms with E-state index in [1.807, 2.05) is 0 Å². The molecule has 2 rings (SSSR count). The third kappa shape index (κ3) is 2.43. The first-order chi connectivity index (χ1) is 6.84. The molecule has 14 heavy (non-hydrogen) atoms. The average Bonchev–Trinajstić information content (AvgIpc) is 2.63. The van der Waals surface area contributed by atoms with Gasteiger partial charge in [0.2, 0.25) is 0 Å². The quantitative estimate of drug-likeness (QED) is 0.554. The second kappa shape index (κ2) is 4.39. The number of hydrogen-bond acceptors (Lipinski definition) is 4. The van der Waals surface area contributed by atoms with E-state index in [0.717, 1.165) is 45.0 Å². The number of rotatable bonds is 3. The number of nitrogens with one attached hydrogen (secondary N) is 3. The Hall–Kier alpha value is -1.14.